The molecule has 17 heavy (non-hydrogen) atoms. The monoisotopic (exact) mass is 236 g/mol. The van der Waals surface area contributed by atoms with Crippen LogP contribution in [-0.4, -0.2) is 38.1 Å². The fourth-order valence-electron chi connectivity index (χ4n) is 3.66. The van der Waals surface area contributed by atoms with Gasteiger partial charge in [0.1, 0.15) is 0 Å². The van der Waals surface area contributed by atoms with Crippen molar-refractivity contribution in [1.82, 2.24) is 10.2 Å². The molecule has 1 saturated heterocycles. The molecule has 3 rings (SSSR count). The third kappa shape index (κ3) is 3.45. The van der Waals surface area contributed by atoms with E-state index in [4.69, 9.17) is 0 Å². The van der Waals surface area contributed by atoms with E-state index in [0.717, 1.165) is 23.7 Å². The Morgan fingerprint density at radius 3 is 2.41 bits per heavy atom. The second-order valence-electron chi connectivity index (χ2n) is 6.77. The molecule has 98 valence electrons. The van der Waals surface area contributed by atoms with Crippen LogP contribution in [0.15, 0.2) is 0 Å². The van der Waals surface area contributed by atoms with Crippen LogP contribution in [0.3, 0.4) is 0 Å². The van der Waals surface area contributed by atoms with E-state index in [1.165, 1.54) is 64.7 Å². The highest BCUT2D eigenvalue weighted by atomic mass is 15.1. The summed E-state index contributed by atoms with van der Waals surface area (Å²) < 4.78 is 0. The summed E-state index contributed by atoms with van der Waals surface area (Å²) in [7, 11) is 2.27. The van der Waals surface area contributed by atoms with Gasteiger partial charge in [-0.05, 0) is 88.9 Å². The number of nitrogens with zero attached hydrogens (tertiary/aromatic N) is 1. The van der Waals surface area contributed by atoms with E-state index < -0.39 is 0 Å². The summed E-state index contributed by atoms with van der Waals surface area (Å²) in [6.45, 7) is 5.20. The van der Waals surface area contributed by atoms with Crippen LogP contribution >= 0.6 is 0 Å². The van der Waals surface area contributed by atoms with Gasteiger partial charge in [0.2, 0.25) is 0 Å². The molecule has 3 aliphatic rings. The zero-order chi connectivity index (χ0) is 11.7. The predicted molar refractivity (Wildman–Crippen MR) is 72.0 cm³/mol. The number of likely N-dealkylation sites (tertiary alicyclic amines) is 1. The number of rotatable bonds is 6. The lowest BCUT2D eigenvalue weighted by atomic mass is 9.96. The standard InChI is InChI=1S/C15H28N2/c1-17-8-2-3-12(11-17)9-16-10-15(13-4-5-13)14-6-7-14/h12-16H,2-11H2,1H3. The first-order valence-corrected chi connectivity index (χ1v) is 7.72. The summed E-state index contributed by atoms with van der Waals surface area (Å²) in [4.78, 5) is 2.50. The molecule has 0 spiro atoms. The van der Waals surface area contributed by atoms with Crippen molar-refractivity contribution in [2.45, 2.75) is 38.5 Å². The fourth-order valence-corrected chi connectivity index (χ4v) is 3.66. The van der Waals surface area contributed by atoms with Gasteiger partial charge in [-0.2, -0.15) is 0 Å². The first-order valence-electron chi connectivity index (χ1n) is 7.72. The summed E-state index contributed by atoms with van der Waals surface area (Å²) in [5.74, 6) is 4.15. The fraction of sp³-hybridized carbons (Fsp3) is 1.00. The van der Waals surface area contributed by atoms with Crippen molar-refractivity contribution < 1.29 is 0 Å². The summed E-state index contributed by atoms with van der Waals surface area (Å²) in [6, 6.07) is 0. The van der Waals surface area contributed by atoms with Crippen LogP contribution in [0.2, 0.25) is 0 Å². The zero-order valence-corrected chi connectivity index (χ0v) is 11.3. The predicted octanol–water partition coefficient (Wildman–Crippen LogP) is 2.35. The van der Waals surface area contributed by atoms with Crippen molar-refractivity contribution in [1.29, 1.82) is 0 Å². The van der Waals surface area contributed by atoms with Crippen molar-refractivity contribution >= 4 is 0 Å². The van der Waals surface area contributed by atoms with Gasteiger partial charge in [0, 0.05) is 6.54 Å². The maximum absolute atomic E-state index is 3.79. The van der Waals surface area contributed by atoms with Crippen LogP contribution in [0.25, 0.3) is 0 Å². The number of piperidine rings is 1. The maximum Gasteiger partial charge on any atom is 0.00187 e. The van der Waals surface area contributed by atoms with Gasteiger partial charge in [-0.15, -0.1) is 0 Å². The van der Waals surface area contributed by atoms with Crippen LogP contribution < -0.4 is 5.32 Å². The smallest absolute Gasteiger partial charge is 0.00187 e. The van der Waals surface area contributed by atoms with Crippen LogP contribution in [0.5, 0.6) is 0 Å². The van der Waals surface area contributed by atoms with E-state index in [2.05, 4.69) is 17.3 Å². The summed E-state index contributed by atoms with van der Waals surface area (Å²) in [5, 5.41) is 3.79. The van der Waals surface area contributed by atoms with Crippen molar-refractivity contribution in [3.8, 4) is 0 Å². The largest absolute Gasteiger partial charge is 0.316 e. The molecule has 3 fully saturated rings. The van der Waals surface area contributed by atoms with E-state index in [0.29, 0.717) is 0 Å². The minimum Gasteiger partial charge on any atom is -0.316 e. The molecule has 0 aromatic heterocycles. The molecule has 0 radical (unpaired) electrons. The summed E-state index contributed by atoms with van der Waals surface area (Å²) >= 11 is 0. The molecule has 1 atom stereocenters. The molecule has 1 aliphatic heterocycles. The van der Waals surface area contributed by atoms with E-state index in [-0.39, 0.29) is 0 Å². The number of nitrogens with one attached hydrogen (secondary N) is 1. The Kier molecular flexibility index (Phi) is 3.72. The lowest BCUT2D eigenvalue weighted by Crippen LogP contribution is -2.38. The van der Waals surface area contributed by atoms with Crippen molar-refractivity contribution in [2.75, 3.05) is 33.2 Å². The van der Waals surface area contributed by atoms with Crippen LogP contribution in [0, 0.1) is 23.7 Å². The zero-order valence-electron chi connectivity index (χ0n) is 11.3. The maximum atomic E-state index is 3.79. The molecule has 0 bridgehead atoms. The molecular formula is C15H28N2. The highest BCUT2D eigenvalue weighted by Crippen LogP contribution is 2.48. The first kappa shape index (κ1) is 12.0. The van der Waals surface area contributed by atoms with Crippen LogP contribution in [0.4, 0.5) is 0 Å². The Labute approximate surface area is 106 Å². The topological polar surface area (TPSA) is 15.3 Å². The average Bonchev–Trinajstić information content (AvgIpc) is 3.15. The normalized spacial score (nSPS) is 31.1. The SMILES string of the molecule is CN1CCCC(CNCC(C2CC2)C2CC2)C1. The third-order valence-corrected chi connectivity index (χ3v) is 4.99. The van der Waals surface area contributed by atoms with Gasteiger partial charge < -0.3 is 10.2 Å². The van der Waals surface area contributed by atoms with Gasteiger partial charge in [0.15, 0.2) is 0 Å². The highest BCUT2D eigenvalue weighted by molar-refractivity contribution is 4.92. The summed E-state index contributed by atoms with van der Waals surface area (Å²) in [6.07, 6.45) is 8.93. The van der Waals surface area contributed by atoms with Crippen molar-refractivity contribution in [2.24, 2.45) is 23.7 Å². The number of hydrogen-bond donors (Lipinski definition) is 1. The molecule has 2 saturated carbocycles. The quantitative estimate of drug-likeness (QED) is 0.761. The van der Waals surface area contributed by atoms with Crippen LogP contribution in [-0.2, 0) is 0 Å². The first-order chi connectivity index (χ1) is 8.33. The Hall–Kier alpha value is -0.0800. The molecule has 2 heteroatoms. The highest BCUT2D eigenvalue weighted by Gasteiger charge is 2.40. The molecule has 1 heterocycles. The minimum atomic E-state index is 0.910. The average molecular weight is 236 g/mol. The molecule has 1 unspecified atom stereocenters. The van der Waals surface area contributed by atoms with Gasteiger partial charge in [-0.1, -0.05) is 0 Å². The van der Waals surface area contributed by atoms with E-state index in [1.807, 2.05) is 0 Å². The molecule has 2 aliphatic carbocycles. The number of hydrogen-bond acceptors (Lipinski definition) is 2. The molecule has 1 N–H and O–H groups in total. The van der Waals surface area contributed by atoms with Gasteiger partial charge in [0.25, 0.3) is 0 Å². The Morgan fingerprint density at radius 1 is 1.12 bits per heavy atom. The molecule has 0 aromatic rings. The van der Waals surface area contributed by atoms with E-state index in [1.54, 1.807) is 0 Å². The summed E-state index contributed by atoms with van der Waals surface area (Å²) in [5.41, 5.74) is 0. The lowest BCUT2D eigenvalue weighted by molar-refractivity contribution is 0.203. The Balaban J connectivity index is 1.35. The van der Waals surface area contributed by atoms with Gasteiger partial charge in [-0.25, -0.2) is 0 Å². The lowest BCUT2D eigenvalue weighted by Gasteiger charge is -2.30. The molecule has 2 nitrogen and oxygen atoms in total. The van der Waals surface area contributed by atoms with Crippen LogP contribution in [0.1, 0.15) is 38.5 Å². The molecular weight excluding hydrogens is 208 g/mol. The van der Waals surface area contributed by atoms with E-state index in [9.17, 15) is 0 Å². The third-order valence-electron chi connectivity index (χ3n) is 4.99. The van der Waals surface area contributed by atoms with Gasteiger partial charge in [-0.3, -0.25) is 0 Å². The molecule has 0 aromatic carbocycles. The minimum absolute atomic E-state index is 0.910. The molecule has 0 amide bonds. The second-order valence-corrected chi connectivity index (χ2v) is 6.77. The Morgan fingerprint density at radius 2 is 1.82 bits per heavy atom. The Bertz CT molecular complexity index is 233. The second kappa shape index (κ2) is 5.27. The van der Waals surface area contributed by atoms with Gasteiger partial charge >= 0.3 is 0 Å². The van der Waals surface area contributed by atoms with Crippen molar-refractivity contribution in [3.05, 3.63) is 0 Å². The van der Waals surface area contributed by atoms with E-state index >= 15 is 0 Å². The van der Waals surface area contributed by atoms with Gasteiger partial charge in [0.05, 0.1) is 0 Å². The van der Waals surface area contributed by atoms with Crippen molar-refractivity contribution in [3.63, 3.8) is 0 Å².